The van der Waals surface area contributed by atoms with Crippen LogP contribution in [0.15, 0.2) is 0 Å². The number of nitrogens with one attached hydrogen (secondary N) is 1. The van der Waals surface area contributed by atoms with E-state index in [0.717, 1.165) is 19.4 Å². The second-order valence-corrected chi connectivity index (χ2v) is 4.59. The third kappa shape index (κ3) is 3.56. The van der Waals surface area contributed by atoms with E-state index in [1.54, 1.807) is 0 Å². The maximum absolute atomic E-state index is 9.12. The van der Waals surface area contributed by atoms with Crippen molar-refractivity contribution in [2.45, 2.75) is 51.9 Å². The van der Waals surface area contributed by atoms with Crippen LogP contribution >= 0.6 is 0 Å². The van der Waals surface area contributed by atoms with Crippen LogP contribution in [0.4, 0.5) is 0 Å². The average molecular weight is 201 g/mol. The van der Waals surface area contributed by atoms with Crippen molar-refractivity contribution in [3.8, 4) is 0 Å². The van der Waals surface area contributed by atoms with Crippen LogP contribution < -0.4 is 5.32 Å². The number of aliphatic hydroxyl groups excluding tert-OH is 1. The molecule has 84 valence electrons. The number of hydrogen-bond donors (Lipinski definition) is 2. The van der Waals surface area contributed by atoms with E-state index in [0.29, 0.717) is 18.1 Å². The molecule has 0 spiro atoms. The molecule has 2 N–H and O–H groups in total. The fraction of sp³-hybridized carbons (Fsp3) is 1.00. The first-order valence-corrected chi connectivity index (χ1v) is 5.63. The van der Waals surface area contributed by atoms with Crippen LogP contribution in [-0.4, -0.2) is 36.5 Å². The lowest BCUT2D eigenvalue weighted by Crippen LogP contribution is -2.41. The van der Waals surface area contributed by atoms with Crippen LogP contribution in [0.1, 0.15) is 33.6 Å². The Labute approximate surface area is 86.8 Å². The highest BCUT2D eigenvalue weighted by molar-refractivity contribution is 4.76. The Morgan fingerprint density at radius 3 is 2.57 bits per heavy atom. The molecule has 0 aromatic carbocycles. The minimum Gasteiger partial charge on any atom is -0.395 e. The lowest BCUT2D eigenvalue weighted by molar-refractivity contribution is 0.0511. The Hall–Kier alpha value is -0.120. The van der Waals surface area contributed by atoms with Gasteiger partial charge in [-0.3, -0.25) is 0 Å². The van der Waals surface area contributed by atoms with Gasteiger partial charge in [0.05, 0.1) is 18.8 Å². The van der Waals surface area contributed by atoms with Crippen LogP contribution in [0.3, 0.4) is 0 Å². The second-order valence-electron chi connectivity index (χ2n) is 4.59. The lowest BCUT2D eigenvalue weighted by Gasteiger charge is -2.22. The summed E-state index contributed by atoms with van der Waals surface area (Å²) in [5, 5.41) is 12.5. The third-order valence-electron chi connectivity index (χ3n) is 2.93. The highest BCUT2D eigenvalue weighted by atomic mass is 16.5. The van der Waals surface area contributed by atoms with Gasteiger partial charge in [0.15, 0.2) is 0 Å². The zero-order valence-corrected chi connectivity index (χ0v) is 9.49. The molecule has 0 aliphatic carbocycles. The fourth-order valence-electron chi connectivity index (χ4n) is 1.83. The first-order chi connectivity index (χ1) is 6.63. The maximum atomic E-state index is 9.12. The summed E-state index contributed by atoms with van der Waals surface area (Å²) in [7, 11) is 0. The van der Waals surface area contributed by atoms with E-state index >= 15 is 0 Å². The minimum absolute atomic E-state index is 0.203. The van der Waals surface area contributed by atoms with Crippen molar-refractivity contribution < 1.29 is 9.84 Å². The van der Waals surface area contributed by atoms with Crippen molar-refractivity contribution in [3.63, 3.8) is 0 Å². The largest absolute Gasteiger partial charge is 0.395 e. The average Bonchev–Trinajstić information content (AvgIpc) is 2.52. The van der Waals surface area contributed by atoms with E-state index in [-0.39, 0.29) is 12.6 Å². The number of aliphatic hydroxyl groups is 1. The molecular formula is C11H23NO2. The summed E-state index contributed by atoms with van der Waals surface area (Å²) in [5.41, 5.74) is 0. The van der Waals surface area contributed by atoms with E-state index in [1.807, 2.05) is 0 Å². The fourth-order valence-corrected chi connectivity index (χ4v) is 1.83. The van der Waals surface area contributed by atoms with Gasteiger partial charge in [0.1, 0.15) is 0 Å². The van der Waals surface area contributed by atoms with Crippen molar-refractivity contribution in [1.82, 2.24) is 5.32 Å². The number of rotatable bonds is 5. The molecule has 3 heteroatoms. The highest BCUT2D eigenvalue weighted by Gasteiger charge is 2.22. The zero-order chi connectivity index (χ0) is 10.6. The molecule has 3 atom stereocenters. The van der Waals surface area contributed by atoms with Gasteiger partial charge in [0, 0.05) is 12.6 Å². The van der Waals surface area contributed by atoms with Gasteiger partial charge in [-0.1, -0.05) is 13.8 Å². The monoisotopic (exact) mass is 201 g/mol. The van der Waals surface area contributed by atoms with Crippen LogP contribution in [0.2, 0.25) is 0 Å². The Balaban J connectivity index is 2.18. The van der Waals surface area contributed by atoms with Crippen molar-refractivity contribution in [2.75, 3.05) is 13.2 Å². The Morgan fingerprint density at radius 2 is 2.14 bits per heavy atom. The first-order valence-electron chi connectivity index (χ1n) is 5.63. The second kappa shape index (κ2) is 5.69. The van der Waals surface area contributed by atoms with E-state index in [4.69, 9.17) is 9.84 Å². The molecule has 0 radical (unpaired) electrons. The molecule has 1 fully saturated rings. The van der Waals surface area contributed by atoms with Gasteiger partial charge in [-0.2, -0.15) is 0 Å². The molecule has 0 amide bonds. The van der Waals surface area contributed by atoms with E-state index in [9.17, 15) is 0 Å². The molecule has 3 nitrogen and oxygen atoms in total. The molecule has 0 bridgehead atoms. The normalized spacial score (nSPS) is 29.8. The van der Waals surface area contributed by atoms with Crippen molar-refractivity contribution in [2.24, 2.45) is 5.92 Å². The topological polar surface area (TPSA) is 41.5 Å². The van der Waals surface area contributed by atoms with Gasteiger partial charge >= 0.3 is 0 Å². The molecule has 0 aromatic rings. The maximum Gasteiger partial charge on any atom is 0.0704 e. The quantitative estimate of drug-likeness (QED) is 0.701. The predicted octanol–water partition coefficient (Wildman–Crippen LogP) is 1.16. The SMILES string of the molecule is CC1CCC(CN[C@H](CO)C(C)C)O1. The van der Waals surface area contributed by atoms with Gasteiger partial charge in [0.25, 0.3) is 0 Å². The molecule has 1 saturated heterocycles. The zero-order valence-electron chi connectivity index (χ0n) is 9.49. The van der Waals surface area contributed by atoms with Crippen molar-refractivity contribution >= 4 is 0 Å². The van der Waals surface area contributed by atoms with E-state index < -0.39 is 0 Å². The van der Waals surface area contributed by atoms with Crippen molar-refractivity contribution in [1.29, 1.82) is 0 Å². The summed E-state index contributed by atoms with van der Waals surface area (Å²) in [4.78, 5) is 0. The van der Waals surface area contributed by atoms with Crippen LogP contribution in [0.25, 0.3) is 0 Å². The molecule has 1 aliphatic heterocycles. The summed E-state index contributed by atoms with van der Waals surface area (Å²) < 4.78 is 5.69. The van der Waals surface area contributed by atoms with Gasteiger partial charge in [0.2, 0.25) is 0 Å². The number of hydrogen-bond acceptors (Lipinski definition) is 3. The van der Waals surface area contributed by atoms with Gasteiger partial charge < -0.3 is 15.2 Å². The summed E-state index contributed by atoms with van der Waals surface area (Å²) in [5.74, 6) is 0.471. The van der Waals surface area contributed by atoms with Crippen LogP contribution in [-0.2, 0) is 4.74 Å². The molecule has 14 heavy (non-hydrogen) atoms. The summed E-state index contributed by atoms with van der Waals surface area (Å²) in [6.07, 6.45) is 3.06. The molecule has 0 aromatic heterocycles. The molecule has 1 aliphatic rings. The van der Waals surface area contributed by atoms with Crippen LogP contribution in [0, 0.1) is 5.92 Å². The van der Waals surface area contributed by atoms with Crippen molar-refractivity contribution in [3.05, 3.63) is 0 Å². The van der Waals surface area contributed by atoms with E-state index in [2.05, 4.69) is 26.1 Å². The van der Waals surface area contributed by atoms with Gasteiger partial charge in [-0.15, -0.1) is 0 Å². The standard InChI is InChI=1S/C11H23NO2/c1-8(2)11(7-13)12-6-10-5-4-9(3)14-10/h8-13H,4-7H2,1-3H3/t9?,10?,11-/m1/s1. The molecule has 2 unspecified atom stereocenters. The molecule has 1 heterocycles. The molecule has 1 rings (SSSR count). The summed E-state index contributed by atoms with van der Waals surface area (Å²) in [6, 6.07) is 0.203. The Bertz CT molecular complexity index is 161. The van der Waals surface area contributed by atoms with E-state index in [1.165, 1.54) is 0 Å². The van der Waals surface area contributed by atoms with Crippen LogP contribution in [0.5, 0.6) is 0 Å². The first kappa shape index (κ1) is 12.0. The minimum atomic E-state index is 0.203. The van der Waals surface area contributed by atoms with Gasteiger partial charge in [-0.05, 0) is 25.7 Å². The highest BCUT2D eigenvalue weighted by Crippen LogP contribution is 2.18. The Kier molecular flexibility index (Phi) is 4.85. The lowest BCUT2D eigenvalue weighted by atomic mass is 10.1. The molecule has 0 saturated carbocycles. The Morgan fingerprint density at radius 1 is 1.43 bits per heavy atom. The van der Waals surface area contributed by atoms with Gasteiger partial charge in [-0.25, -0.2) is 0 Å². The summed E-state index contributed by atoms with van der Waals surface area (Å²) in [6.45, 7) is 7.43. The number of ether oxygens (including phenoxy) is 1. The molecular weight excluding hydrogens is 178 g/mol. The third-order valence-corrected chi connectivity index (χ3v) is 2.93. The summed E-state index contributed by atoms with van der Waals surface area (Å²) >= 11 is 0. The predicted molar refractivity (Wildman–Crippen MR) is 57.3 cm³/mol. The smallest absolute Gasteiger partial charge is 0.0704 e.